The average Bonchev–Trinajstić information content (AvgIpc) is 3.41. The van der Waals surface area contributed by atoms with E-state index in [1.54, 1.807) is 10.8 Å². The summed E-state index contributed by atoms with van der Waals surface area (Å²) in [6, 6.07) is 30.3. The Labute approximate surface area is 179 Å². The number of fused-ring (bicyclic) bond motifs is 4. The molecule has 3 aromatic carbocycles. The lowest BCUT2D eigenvalue weighted by molar-refractivity contribution is 0.0965. The van der Waals surface area contributed by atoms with Crippen molar-refractivity contribution < 1.29 is 9.53 Å². The van der Waals surface area contributed by atoms with Gasteiger partial charge in [-0.2, -0.15) is 0 Å². The van der Waals surface area contributed by atoms with Crippen LogP contribution in [0, 0.1) is 0 Å². The highest BCUT2D eigenvalue weighted by atomic mass is 16.5. The first-order valence-electron chi connectivity index (χ1n) is 10.2. The summed E-state index contributed by atoms with van der Waals surface area (Å²) < 4.78 is 8.00. The normalized spacial score (nSPS) is 12.1. The highest BCUT2D eigenvalue weighted by Gasteiger charge is 2.32. The molecule has 0 atom stereocenters. The van der Waals surface area contributed by atoms with Gasteiger partial charge in [0.05, 0.1) is 16.8 Å². The summed E-state index contributed by atoms with van der Waals surface area (Å²) in [7, 11) is 0. The summed E-state index contributed by atoms with van der Waals surface area (Å²) in [5, 5.41) is 0.907. The third-order valence-electron chi connectivity index (χ3n) is 5.72. The summed E-state index contributed by atoms with van der Waals surface area (Å²) in [5.74, 6) is 0.594. The molecule has 0 radical (unpaired) electrons. The summed E-state index contributed by atoms with van der Waals surface area (Å²) >= 11 is 0. The molecule has 4 nitrogen and oxygen atoms in total. The summed E-state index contributed by atoms with van der Waals surface area (Å²) in [6.45, 7) is 0.407. The fraction of sp³-hybridized carbons (Fsp3) is 0.0370. The molecular weight excluding hydrogens is 384 g/mol. The van der Waals surface area contributed by atoms with Crippen LogP contribution >= 0.6 is 0 Å². The van der Waals surface area contributed by atoms with Crippen molar-refractivity contribution in [2.45, 2.75) is 6.61 Å². The molecule has 0 bridgehead atoms. The second-order valence-electron chi connectivity index (χ2n) is 7.60. The van der Waals surface area contributed by atoms with E-state index in [1.165, 1.54) is 11.1 Å². The number of hydrogen-bond acceptors (Lipinski definition) is 3. The first-order valence-corrected chi connectivity index (χ1v) is 10.2. The van der Waals surface area contributed by atoms with Gasteiger partial charge in [0.25, 0.3) is 5.91 Å². The first kappa shape index (κ1) is 17.7. The lowest BCUT2D eigenvalue weighted by Gasteiger charge is -2.13. The number of para-hydroxylation sites is 1. The van der Waals surface area contributed by atoms with Gasteiger partial charge in [0.15, 0.2) is 0 Å². The Morgan fingerprint density at radius 3 is 2.35 bits per heavy atom. The van der Waals surface area contributed by atoms with Gasteiger partial charge < -0.3 is 4.74 Å². The third kappa shape index (κ3) is 2.84. The predicted molar refractivity (Wildman–Crippen MR) is 121 cm³/mol. The van der Waals surface area contributed by atoms with E-state index in [9.17, 15) is 4.79 Å². The number of carbonyl (C=O) groups excluding carboxylic acids is 1. The maximum Gasteiger partial charge on any atom is 0.281 e. The zero-order chi connectivity index (χ0) is 20.8. The molecule has 0 aliphatic carbocycles. The van der Waals surface area contributed by atoms with Gasteiger partial charge in [0.1, 0.15) is 18.1 Å². The molecule has 6 rings (SSSR count). The number of rotatable bonds is 4. The quantitative estimate of drug-likeness (QED) is 0.366. The highest BCUT2D eigenvalue weighted by molar-refractivity contribution is 6.12. The fourth-order valence-electron chi connectivity index (χ4n) is 4.18. The Morgan fingerprint density at radius 1 is 0.774 bits per heavy atom. The van der Waals surface area contributed by atoms with Crippen LogP contribution < -0.4 is 4.74 Å². The molecule has 148 valence electrons. The molecule has 0 N–H and O–H groups in total. The zero-order valence-corrected chi connectivity index (χ0v) is 16.7. The maximum atomic E-state index is 12.8. The van der Waals surface area contributed by atoms with Crippen molar-refractivity contribution in [3.8, 4) is 28.1 Å². The molecule has 0 unspecified atom stereocenters. The molecule has 0 fully saturated rings. The van der Waals surface area contributed by atoms with Gasteiger partial charge in [0, 0.05) is 11.6 Å². The molecule has 1 aliphatic heterocycles. The van der Waals surface area contributed by atoms with Crippen molar-refractivity contribution in [3.05, 3.63) is 108 Å². The predicted octanol–water partition coefficient (Wildman–Crippen LogP) is 5.95. The number of aromatic nitrogens is 2. The van der Waals surface area contributed by atoms with Gasteiger partial charge in [-0.25, -0.2) is 4.98 Å². The molecule has 4 heteroatoms. The van der Waals surface area contributed by atoms with Crippen LogP contribution in [0.2, 0.25) is 0 Å². The van der Waals surface area contributed by atoms with Crippen LogP contribution in [-0.4, -0.2) is 15.5 Å². The molecule has 0 spiro atoms. The lowest BCUT2D eigenvalue weighted by Crippen LogP contribution is -2.06. The van der Waals surface area contributed by atoms with Gasteiger partial charge in [-0.1, -0.05) is 66.7 Å². The van der Waals surface area contributed by atoms with E-state index in [2.05, 4.69) is 41.4 Å². The van der Waals surface area contributed by atoms with Crippen LogP contribution in [-0.2, 0) is 6.61 Å². The number of hydrogen-bond donors (Lipinski definition) is 0. The van der Waals surface area contributed by atoms with E-state index in [0.717, 1.165) is 27.7 Å². The number of pyridine rings is 1. The van der Waals surface area contributed by atoms with Gasteiger partial charge >= 0.3 is 0 Å². The van der Waals surface area contributed by atoms with Crippen molar-refractivity contribution in [1.82, 2.24) is 9.55 Å². The van der Waals surface area contributed by atoms with E-state index in [1.807, 2.05) is 54.6 Å². The van der Waals surface area contributed by atoms with Gasteiger partial charge in [-0.3, -0.25) is 9.36 Å². The Kier molecular flexibility index (Phi) is 3.96. The van der Waals surface area contributed by atoms with E-state index in [0.29, 0.717) is 18.1 Å². The topological polar surface area (TPSA) is 44.1 Å². The zero-order valence-electron chi connectivity index (χ0n) is 16.7. The molecule has 1 aliphatic rings. The maximum absolute atomic E-state index is 12.8. The van der Waals surface area contributed by atoms with E-state index >= 15 is 0 Å². The average molecular weight is 402 g/mol. The minimum absolute atomic E-state index is 0.113. The second kappa shape index (κ2) is 6.96. The Bertz CT molecular complexity index is 1430. The molecule has 5 aromatic rings. The Hall–Kier alpha value is -4.18. The Balaban J connectivity index is 1.38. The monoisotopic (exact) mass is 402 g/mol. The molecule has 2 aromatic heterocycles. The van der Waals surface area contributed by atoms with E-state index in [4.69, 9.17) is 4.74 Å². The van der Waals surface area contributed by atoms with Crippen LogP contribution in [0.1, 0.15) is 16.1 Å². The SMILES string of the molecule is O=C1c2nc3ccccc3c(OCc3ccc(-c4ccccc4)cc3)c2-c2cccn21. The van der Waals surface area contributed by atoms with Crippen molar-refractivity contribution in [3.63, 3.8) is 0 Å². The van der Waals surface area contributed by atoms with E-state index in [-0.39, 0.29) is 5.91 Å². The fourth-order valence-corrected chi connectivity index (χ4v) is 4.18. The highest BCUT2D eigenvalue weighted by Crippen LogP contribution is 2.43. The van der Waals surface area contributed by atoms with Crippen molar-refractivity contribution >= 4 is 16.8 Å². The van der Waals surface area contributed by atoms with Crippen LogP contribution in [0.15, 0.2) is 97.2 Å². The minimum Gasteiger partial charge on any atom is -0.487 e. The van der Waals surface area contributed by atoms with Crippen LogP contribution in [0.3, 0.4) is 0 Å². The number of carbonyl (C=O) groups is 1. The van der Waals surface area contributed by atoms with Crippen LogP contribution in [0.5, 0.6) is 5.75 Å². The number of benzene rings is 3. The summed E-state index contributed by atoms with van der Waals surface area (Å²) in [6.07, 6.45) is 1.77. The molecule has 0 saturated carbocycles. The molecule has 0 saturated heterocycles. The van der Waals surface area contributed by atoms with Crippen molar-refractivity contribution in [1.29, 1.82) is 0 Å². The van der Waals surface area contributed by atoms with Crippen molar-refractivity contribution in [2.75, 3.05) is 0 Å². The van der Waals surface area contributed by atoms with E-state index < -0.39 is 0 Å². The smallest absolute Gasteiger partial charge is 0.281 e. The lowest BCUT2D eigenvalue weighted by atomic mass is 10.0. The molecule has 31 heavy (non-hydrogen) atoms. The van der Waals surface area contributed by atoms with Gasteiger partial charge in [-0.15, -0.1) is 0 Å². The summed E-state index contributed by atoms with van der Waals surface area (Å²) in [5.41, 5.74) is 6.23. The minimum atomic E-state index is -0.113. The summed E-state index contributed by atoms with van der Waals surface area (Å²) in [4.78, 5) is 17.5. The standard InChI is InChI=1S/C27H18N2O2/c30-27-25-24(23-11-6-16-29(23)27)26(21-9-4-5-10-22(21)28-25)31-17-18-12-14-20(15-13-18)19-7-2-1-3-8-19/h1-16H,17H2. The second-order valence-corrected chi connectivity index (χ2v) is 7.60. The van der Waals surface area contributed by atoms with Gasteiger partial charge in [-0.05, 0) is 41.0 Å². The largest absolute Gasteiger partial charge is 0.487 e. The van der Waals surface area contributed by atoms with Crippen LogP contribution in [0.25, 0.3) is 33.3 Å². The molecular formula is C27H18N2O2. The number of nitrogens with zero attached hydrogens (tertiary/aromatic N) is 2. The molecule has 3 heterocycles. The third-order valence-corrected chi connectivity index (χ3v) is 5.72. The van der Waals surface area contributed by atoms with Crippen LogP contribution in [0.4, 0.5) is 0 Å². The Morgan fingerprint density at radius 2 is 1.52 bits per heavy atom. The van der Waals surface area contributed by atoms with Gasteiger partial charge in [0.2, 0.25) is 0 Å². The number of ether oxygens (including phenoxy) is 1. The van der Waals surface area contributed by atoms with Crippen molar-refractivity contribution in [2.24, 2.45) is 0 Å². The first-order chi connectivity index (χ1) is 15.3. The molecule has 0 amide bonds.